The SMILES string of the molecule is Cc1ccc(CN(C(=O)c2cccs2)[C@H](C(=O)NC2CCCCC2)c2ccco2)cc1. The molecule has 162 valence electrons. The lowest BCUT2D eigenvalue weighted by Gasteiger charge is -2.32. The Morgan fingerprint density at radius 3 is 2.52 bits per heavy atom. The van der Waals surface area contributed by atoms with E-state index in [2.05, 4.69) is 5.32 Å². The lowest BCUT2D eigenvalue weighted by atomic mass is 9.95. The summed E-state index contributed by atoms with van der Waals surface area (Å²) in [6.45, 7) is 2.35. The summed E-state index contributed by atoms with van der Waals surface area (Å²) in [6.07, 6.45) is 6.97. The highest BCUT2D eigenvalue weighted by molar-refractivity contribution is 7.12. The van der Waals surface area contributed by atoms with Crippen LogP contribution in [0.5, 0.6) is 0 Å². The van der Waals surface area contributed by atoms with E-state index in [1.54, 1.807) is 29.4 Å². The molecule has 1 N–H and O–H groups in total. The third kappa shape index (κ3) is 5.25. The molecule has 1 aliphatic carbocycles. The highest BCUT2D eigenvalue weighted by atomic mass is 32.1. The van der Waals surface area contributed by atoms with Gasteiger partial charge in [-0.1, -0.05) is 55.2 Å². The van der Waals surface area contributed by atoms with Gasteiger partial charge in [-0.2, -0.15) is 0 Å². The summed E-state index contributed by atoms with van der Waals surface area (Å²) in [6, 6.07) is 14.6. The second kappa shape index (κ2) is 9.96. The zero-order chi connectivity index (χ0) is 21.6. The van der Waals surface area contributed by atoms with E-state index in [1.165, 1.54) is 17.8 Å². The van der Waals surface area contributed by atoms with E-state index in [-0.39, 0.29) is 17.9 Å². The maximum absolute atomic E-state index is 13.5. The zero-order valence-corrected chi connectivity index (χ0v) is 18.6. The third-order valence-corrected chi connectivity index (χ3v) is 6.65. The van der Waals surface area contributed by atoms with E-state index in [9.17, 15) is 9.59 Å². The van der Waals surface area contributed by atoms with Gasteiger partial charge in [0.2, 0.25) is 0 Å². The molecule has 1 aromatic carbocycles. The largest absolute Gasteiger partial charge is 0.467 e. The molecule has 4 rings (SSSR count). The molecule has 0 radical (unpaired) electrons. The molecule has 0 spiro atoms. The average molecular weight is 437 g/mol. The fourth-order valence-electron chi connectivity index (χ4n) is 4.11. The van der Waals surface area contributed by atoms with Gasteiger partial charge in [0.05, 0.1) is 11.1 Å². The minimum Gasteiger partial charge on any atom is -0.467 e. The van der Waals surface area contributed by atoms with Gasteiger partial charge in [0.15, 0.2) is 6.04 Å². The summed E-state index contributed by atoms with van der Waals surface area (Å²) in [5, 5.41) is 5.07. The van der Waals surface area contributed by atoms with E-state index in [1.807, 2.05) is 42.6 Å². The molecule has 5 nitrogen and oxygen atoms in total. The van der Waals surface area contributed by atoms with Crippen LogP contribution in [0.25, 0.3) is 0 Å². The number of rotatable bonds is 7. The van der Waals surface area contributed by atoms with Crippen molar-refractivity contribution >= 4 is 23.2 Å². The van der Waals surface area contributed by atoms with Crippen LogP contribution in [-0.2, 0) is 11.3 Å². The van der Waals surface area contributed by atoms with Crippen LogP contribution < -0.4 is 5.32 Å². The van der Waals surface area contributed by atoms with Crippen LogP contribution in [0.4, 0.5) is 0 Å². The second-order valence-electron chi connectivity index (χ2n) is 8.16. The number of furan rings is 1. The summed E-state index contributed by atoms with van der Waals surface area (Å²) in [4.78, 5) is 29.3. The van der Waals surface area contributed by atoms with Crippen molar-refractivity contribution in [1.29, 1.82) is 0 Å². The van der Waals surface area contributed by atoms with Gasteiger partial charge in [0.1, 0.15) is 5.76 Å². The minimum absolute atomic E-state index is 0.150. The van der Waals surface area contributed by atoms with Gasteiger partial charge in [-0.15, -0.1) is 11.3 Å². The smallest absolute Gasteiger partial charge is 0.265 e. The normalized spacial score (nSPS) is 15.4. The van der Waals surface area contributed by atoms with Gasteiger partial charge < -0.3 is 14.6 Å². The predicted molar refractivity (Wildman–Crippen MR) is 122 cm³/mol. The fraction of sp³-hybridized carbons (Fsp3) is 0.360. The van der Waals surface area contributed by atoms with Crippen molar-refractivity contribution in [3.63, 3.8) is 0 Å². The highest BCUT2D eigenvalue weighted by Gasteiger charge is 2.35. The maximum Gasteiger partial charge on any atom is 0.265 e. The number of carbonyl (C=O) groups is 2. The molecule has 6 heteroatoms. The Labute approximate surface area is 187 Å². The maximum atomic E-state index is 13.5. The van der Waals surface area contributed by atoms with E-state index in [4.69, 9.17) is 4.42 Å². The molecule has 2 heterocycles. The summed E-state index contributed by atoms with van der Waals surface area (Å²) in [5.41, 5.74) is 2.12. The van der Waals surface area contributed by atoms with Gasteiger partial charge in [-0.25, -0.2) is 0 Å². The topological polar surface area (TPSA) is 62.6 Å². The number of aryl methyl sites for hydroxylation is 1. The van der Waals surface area contributed by atoms with Crippen LogP contribution in [-0.4, -0.2) is 22.8 Å². The Bertz CT molecular complexity index is 974. The van der Waals surface area contributed by atoms with Crippen molar-refractivity contribution in [2.45, 2.75) is 57.7 Å². The van der Waals surface area contributed by atoms with Crippen LogP contribution in [0.2, 0.25) is 0 Å². The quantitative estimate of drug-likeness (QED) is 0.533. The Morgan fingerprint density at radius 1 is 1.10 bits per heavy atom. The molecule has 0 unspecified atom stereocenters. The number of thiophene rings is 1. The van der Waals surface area contributed by atoms with Gasteiger partial charge in [0, 0.05) is 12.6 Å². The molecule has 1 atom stereocenters. The van der Waals surface area contributed by atoms with Crippen molar-refractivity contribution in [3.8, 4) is 0 Å². The number of benzene rings is 1. The van der Waals surface area contributed by atoms with Crippen LogP contribution in [0, 0.1) is 6.92 Å². The Balaban J connectivity index is 1.67. The molecule has 2 aromatic heterocycles. The number of nitrogens with one attached hydrogen (secondary N) is 1. The van der Waals surface area contributed by atoms with Crippen LogP contribution in [0.15, 0.2) is 64.6 Å². The van der Waals surface area contributed by atoms with Crippen molar-refractivity contribution in [2.75, 3.05) is 0 Å². The van der Waals surface area contributed by atoms with E-state index in [0.717, 1.165) is 36.8 Å². The summed E-state index contributed by atoms with van der Waals surface area (Å²) < 4.78 is 5.66. The van der Waals surface area contributed by atoms with E-state index in [0.29, 0.717) is 17.2 Å². The average Bonchev–Trinajstić information content (AvgIpc) is 3.50. The number of carbonyl (C=O) groups excluding carboxylic acids is 2. The molecular formula is C25H28N2O3S. The molecule has 0 aliphatic heterocycles. The zero-order valence-electron chi connectivity index (χ0n) is 17.8. The molecular weight excluding hydrogens is 408 g/mol. The monoisotopic (exact) mass is 436 g/mol. The van der Waals surface area contributed by atoms with Crippen LogP contribution in [0.1, 0.15) is 64.7 Å². The predicted octanol–water partition coefficient (Wildman–Crippen LogP) is 5.48. The first-order valence-corrected chi connectivity index (χ1v) is 11.7. The molecule has 1 fully saturated rings. The first-order valence-electron chi connectivity index (χ1n) is 10.9. The lowest BCUT2D eigenvalue weighted by Crippen LogP contribution is -2.46. The molecule has 0 saturated heterocycles. The number of hydrogen-bond acceptors (Lipinski definition) is 4. The fourth-order valence-corrected chi connectivity index (χ4v) is 4.79. The molecule has 3 aromatic rings. The molecule has 31 heavy (non-hydrogen) atoms. The Kier molecular flexibility index (Phi) is 6.87. The standard InChI is InChI=1S/C25H28N2O3S/c1-18-11-13-19(14-12-18)17-27(25(29)22-10-6-16-31-22)23(21-9-5-15-30-21)24(28)26-20-7-3-2-4-8-20/h5-6,9-16,20,23H,2-4,7-8,17H2,1H3,(H,26,28)/t23-/m0/s1. The first-order chi connectivity index (χ1) is 15.1. The Morgan fingerprint density at radius 2 is 1.87 bits per heavy atom. The van der Waals surface area contributed by atoms with E-state index < -0.39 is 6.04 Å². The lowest BCUT2D eigenvalue weighted by molar-refractivity contribution is -0.127. The van der Waals surface area contributed by atoms with Gasteiger partial charge >= 0.3 is 0 Å². The summed E-state index contributed by atoms with van der Waals surface area (Å²) in [7, 11) is 0. The number of amides is 2. The molecule has 1 saturated carbocycles. The number of hydrogen-bond donors (Lipinski definition) is 1. The van der Waals surface area contributed by atoms with Crippen LogP contribution in [0.3, 0.4) is 0 Å². The Hall–Kier alpha value is -2.86. The van der Waals surface area contributed by atoms with Crippen LogP contribution >= 0.6 is 11.3 Å². The molecule has 2 amide bonds. The van der Waals surface area contributed by atoms with Crippen molar-refractivity contribution in [1.82, 2.24) is 10.2 Å². The summed E-state index contributed by atoms with van der Waals surface area (Å²) in [5.74, 6) is 0.125. The van der Waals surface area contributed by atoms with E-state index >= 15 is 0 Å². The van der Waals surface area contributed by atoms with Crippen molar-refractivity contribution in [2.24, 2.45) is 0 Å². The molecule has 0 bridgehead atoms. The number of nitrogens with zero attached hydrogens (tertiary/aromatic N) is 1. The van der Waals surface area contributed by atoms with Gasteiger partial charge in [-0.3, -0.25) is 9.59 Å². The summed E-state index contributed by atoms with van der Waals surface area (Å²) >= 11 is 1.38. The first kappa shape index (κ1) is 21.4. The van der Waals surface area contributed by atoms with Gasteiger partial charge in [0.25, 0.3) is 11.8 Å². The minimum atomic E-state index is -0.826. The van der Waals surface area contributed by atoms with Gasteiger partial charge in [-0.05, 0) is 48.9 Å². The second-order valence-corrected chi connectivity index (χ2v) is 9.11. The highest BCUT2D eigenvalue weighted by Crippen LogP contribution is 2.28. The van der Waals surface area contributed by atoms with Crippen molar-refractivity contribution < 1.29 is 14.0 Å². The van der Waals surface area contributed by atoms with Crippen molar-refractivity contribution in [3.05, 3.63) is 81.9 Å². The third-order valence-electron chi connectivity index (χ3n) is 5.79. The molecule has 1 aliphatic rings.